The number of nitrogens with zero attached hydrogens (tertiary/aromatic N) is 3. The third-order valence-corrected chi connectivity index (χ3v) is 3.04. The van der Waals surface area contributed by atoms with Gasteiger partial charge in [-0.25, -0.2) is 4.98 Å². The Morgan fingerprint density at radius 1 is 1.05 bits per heavy atom. The van der Waals surface area contributed by atoms with E-state index in [0.29, 0.717) is 22.5 Å². The number of hydrogen-bond donors (Lipinski definition) is 1. The second-order valence-electron chi connectivity index (χ2n) is 4.20. The molecule has 1 aromatic carbocycles. The quantitative estimate of drug-likeness (QED) is 0.801. The molecular formula is C14H11ClN4O. The van der Waals surface area contributed by atoms with Crippen LogP contribution in [0, 0.1) is 0 Å². The standard InChI is InChI=1S/C14H11ClN4O/c15-10-6-7-11(17-8-10)13-18-19-14(20-13)12(16)9-4-2-1-3-5-9/h1-8,12H,16H2. The highest BCUT2D eigenvalue weighted by molar-refractivity contribution is 6.30. The first kappa shape index (κ1) is 12.8. The largest absolute Gasteiger partial charge is 0.417 e. The highest BCUT2D eigenvalue weighted by Crippen LogP contribution is 2.22. The summed E-state index contributed by atoms with van der Waals surface area (Å²) in [5.41, 5.74) is 7.57. The molecule has 20 heavy (non-hydrogen) atoms. The lowest BCUT2D eigenvalue weighted by Crippen LogP contribution is -2.11. The maximum Gasteiger partial charge on any atom is 0.266 e. The molecular weight excluding hydrogens is 276 g/mol. The van der Waals surface area contributed by atoms with E-state index in [4.69, 9.17) is 21.8 Å². The molecule has 0 aliphatic rings. The van der Waals surface area contributed by atoms with Gasteiger partial charge in [-0.3, -0.25) is 0 Å². The van der Waals surface area contributed by atoms with Crippen molar-refractivity contribution in [3.8, 4) is 11.6 Å². The van der Waals surface area contributed by atoms with E-state index in [0.717, 1.165) is 5.56 Å². The first-order chi connectivity index (χ1) is 9.74. The Bertz CT molecular complexity index is 697. The lowest BCUT2D eigenvalue weighted by Gasteiger charge is -2.06. The summed E-state index contributed by atoms with van der Waals surface area (Å²) in [5.74, 6) is 0.672. The number of rotatable bonds is 3. The molecule has 2 aromatic heterocycles. The normalized spacial score (nSPS) is 12.3. The summed E-state index contributed by atoms with van der Waals surface area (Å²) in [5, 5.41) is 8.49. The average Bonchev–Trinajstić information content (AvgIpc) is 2.98. The highest BCUT2D eigenvalue weighted by atomic mass is 35.5. The van der Waals surface area contributed by atoms with Gasteiger partial charge in [0.05, 0.1) is 5.02 Å². The van der Waals surface area contributed by atoms with E-state index in [-0.39, 0.29) is 0 Å². The summed E-state index contributed by atoms with van der Waals surface area (Å²) in [6.45, 7) is 0. The van der Waals surface area contributed by atoms with Crippen LogP contribution < -0.4 is 5.73 Å². The molecule has 2 heterocycles. The zero-order valence-corrected chi connectivity index (χ0v) is 11.2. The number of pyridine rings is 1. The minimum Gasteiger partial charge on any atom is -0.417 e. The number of hydrogen-bond acceptors (Lipinski definition) is 5. The molecule has 5 nitrogen and oxygen atoms in total. The Kier molecular flexibility index (Phi) is 3.45. The van der Waals surface area contributed by atoms with Gasteiger partial charge in [-0.1, -0.05) is 41.9 Å². The molecule has 0 aliphatic carbocycles. The monoisotopic (exact) mass is 286 g/mol. The van der Waals surface area contributed by atoms with Crippen LogP contribution in [0.15, 0.2) is 53.1 Å². The fraction of sp³-hybridized carbons (Fsp3) is 0.0714. The molecule has 6 heteroatoms. The Morgan fingerprint density at radius 3 is 2.55 bits per heavy atom. The summed E-state index contributed by atoms with van der Waals surface area (Å²) >= 11 is 5.79. The Labute approximate surface area is 120 Å². The fourth-order valence-corrected chi connectivity index (χ4v) is 1.88. The summed E-state index contributed by atoms with van der Waals surface area (Å²) in [6, 6.07) is 12.5. The van der Waals surface area contributed by atoms with Crippen LogP contribution in [0.1, 0.15) is 17.5 Å². The van der Waals surface area contributed by atoms with E-state index in [1.165, 1.54) is 6.20 Å². The van der Waals surface area contributed by atoms with Gasteiger partial charge in [-0.05, 0) is 17.7 Å². The molecule has 2 N–H and O–H groups in total. The van der Waals surface area contributed by atoms with Crippen LogP contribution in [0.2, 0.25) is 5.02 Å². The summed E-state index contributed by atoms with van der Waals surface area (Å²) < 4.78 is 5.57. The van der Waals surface area contributed by atoms with E-state index < -0.39 is 6.04 Å². The van der Waals surface area contributed by atoms with E-state index in [1.807, 2.05) is 30.3 Å². The Morgan fingerprint density at radius 2 is 1.85 bits per heavy atom. The summed E-state index contributed by atoms with van der Waals surface area (Å²) in [6.07, 6.45) is 1.53. The summed E-state index contributed by atoms with van der Waals surface area (Å²) in [7, 11) is 0. The van der Waals surface area contributed by atoms with Crippen molar-refractivity contribution >= 4 is 11.6 Å². The van der Waals surface area contributed by atoms with Crippen LogP contribution in [0.5, 0.6) is 0 Å². The number of aromatic nitrogens is 3. The SMILES string of the molecule is NC(c1ccccc1)c1nnc(-c2ccc(Cl)cn2)o1. The van der Waals surface area contributed by atoms with E-state index in [2.05, 4.69) is 15.2 Å². The smallest absolute Gasteiger partial charge is 0.266 e. The predicted octanol–water partition coefficient (Wildman–Crippen LogP) is 2.83. The van der Waals surface area contributed by atoms with E-state index in [9.17, 15) is 0 Å². The highest BCUT2D eigenvalue weighted by Gasteiger charge is 2.17. The van der Waals surface area contributed by atoms with E-state index in [1.54, 1.807) is 12.1 Å². The molecule has 0 saturated heterocycles. The maximum absolute atomic E-state index is 6.09. The number of benzene rings is 1. The molecule has 0 saturated carbocycles. The zero-order chi connectivity index (χ0) is 13.9. The average molecular weight is 287 g/mol. The second kappa shape index (κ2) is 5.40. The van der Waals surface area contributed by atoms with Crippen LogP contribution in [0.3, 0.4) is 0 Å². The van der Waals surface area contributed by atoms with Crippen molar-refractivity contribution in [2.45, 2.75) is 6.04 Å². The van der Waals surface area contributed by atoms with Crippen molar-refractivity contribution in [3.05, 3.63) is 65.1 Å². The molecule has 1 atom stereocenters. The molecule has 0 bridgehead atoms. The molecule has 0 radical (unpaired) electrons. The number of halogens is 1. The van der Waals surface area contributed by atoms with Gasteiger partial charge in [0.1, 0.15) is 11.7 Å². The Balaban J connectivity index is 1.89. The lowest BCUT2D eigenvalue weighted by atomic mass is 10.1. The van der Waals surface area contributed by atoms with Gasteiger partial charge in [0.2, 0.25) is 5.89 Å². The second-order valence-corrected chi connectivity index (χ2v) is 4.63. The van der Waals surface area contributed by atoms with Crippen molar-refractivity contribution < 1.29 is 4.42 Å². The molecule has 100 valence electrons. The van der Waals surface area contributed by atoms with Crippen molar-refractivity contribution in [1.82, 2.24) is 15.2 Å². The first-order valence-electron chi connectivity index (χ1n) is 6.00. The molecule has 0 fully saturated rings. The minimum absolute atomic E-state index is 0.322. The van der Waals surface area contributed by atoms with Gasteiger partial charge in [-0.2, -0.15) is 0 Å². The summed E-state index contributed by atoms with van der Waals surface area (Å²) in [4.78, 5) is 4.12. The van der Waals surface area contributed by atoms with Crippen LogP contribution in [0.4, 0.5) is 0 Å². The van der Waals surface area contributed by atoms with Crippen LogP contribution in [0.25, 0.3) is 11.6 Å². The molecule has 0 spiro atoms. The number of nitrogens with two attached hydrogens (primary N) is 1. The van der Waals surface area contributed by atoms with Gasteiger partial charge >= 0.3 is 0 Å². The third-order valence-electron chi connectivity index (χ3n) is 2.81. The Hall–Kier alpha value is -2.24. The molecule has 0 amide bonds. The van der Waals surface area contributed by atoms with Gasteiger partial charge in [0.25, 0.3) is 5.89 Å². The van der Waals surface area contributed by atoms with Gasteiger partial charge in [-0.15, -0.1) is 10.2 Å². The van der Waals surface area contributed by atoms with Crippen molar-refractivity contribution in [1.29, 1.82) is 0 Å². The third kappa shape index (κ3) is 2.54. The van der Waals surface area contributed by atoms with Crippen LogP contribution >= 0.6 is 11.6 Å². The predicted molar refractivity (Wildman–Crippen MR) is 75.0 cm³/mol. The van der Waals surface area contributed by atoms with Gasteiger partial charge < -0.3 is 10.2 Å². The van der Waals surface area contributed by atoms with E-state index >= 15 is 0 Å². The lowest BCUT2D eigenvalue weighted by molar-refractivity contribution is 0.483. The fourth-order valence-electron chi connectivity index (χ4n) is 1.77. The van der Waals surface area contributed by atoms with Gasteiger partial charge in [0, 0.05) is 6.20 Å². The van der Waals surface area contributed by atoms with Crippen molar-refractivity contribution in [3.63, 3.8) is 0 Å². The molecule has 1 unspecified atom stereocenters. The minimum atomic E-state index is -0.454. The topological polar surface area (TPSA) is 77.8 Å². The first-order valence-corrected chi connectivity index (χ1v) is 6.37. The van der Waals surface area contributed by atoms with Crippen molar-refractivity contribution in [2.24, 2.45) is 5.73 Å². The van der Waals surface area contributed by atoms with Crippen LogP contribution in [-0.4, -0.2) is 15.2 Å². The molecule has 3 rings (SSSR count). The maximum atomic E-state index is 6.09. The zero-order valence-electron chi connectivity index (χ0n) is 10.4. The molecule has 3 aromatic rings. The van der Waals surface area contributed by atoms with Gasteiger partial charge in [0.15, 0.2) is 0 Å². The molecule has 0 aliphatic heterocycles. The van der Waals surface area contributed by atoms with Crippen LogP contribution in [-0.2, 0) is 0 Å². The van der Waals surface area contributed by atoms with Crippen molar-refractivity contribution in [2.75, 3.05) is 0 Å².